The number of rotatable bonds is 6. The molecule has 5 heteroatoms. The maximum absolute atomic E-state index is 12.8. The first kappa shape index (κ1) is 20.4. The monoisotopic (exact) mass is 397 g/mol. The Morgan fingerprint density at radius 3 is 2.76 bits per heavy atom. The minimum Gasteiger partial charge on any atom is -0.354 e. The number of nitrogens with zero attached hydrogens (tertiary/aromatic N) is 2. The van der Waals surface area contributed by atoms with Gasteiger partial charge in [0.15, 0.2) is 0 Å². The molecular formula is C24H35N3O2. The van der Waals surface area contributed by atoms with Gasteiger partial charge < -0.3 is 14.8 Å². The molecule has 3 atom stereocenters. The first-order valence-electron chi connectivity index (χ1n) is 11.4. The molecular weight excluding hydrogens is 362 g/mol. The van der Waals surface area contributed by atoms with Crippen molar-refractivity contribution in [3.63, 3.8) is 0 Å². The molecule has 1 aromatic heterocycles. The van der Waals surface area contributed by atoms with Crippen LogP contribution in [0.1, 0.15) is 70.0 Å². The van der Waals surface area contributed by atoms with Gasteiger partial charge in [-0.2, -0.15) is 0 Å². The van der Waals surface area contributed by atoms with Crippen LogP contribution in [-0.2, 0) is 4.79 Å². The fourth-order valence-electron chi connectivity index (χ4n) is 5.65. The number of carbonyl (C=O) groups is 1. The summed E-state index contributed by atoms with van der Waals surface area (Å²) >= 11 is 0. The van der Waals surface area contributed by atoms with Gasteiger partial charge in [0.05, 0.1) is 6.04 Å². The second-order valence-corrected chi connectivity index (χ2v) is 9.48. The zero-order valence-electron chi connectivity index (χ0n) is 17.9. The molecule has 0 spiro atoms. The summed E-state index contributed by atoms with van der Waals surface area (Å²) in [5.74, 6) is 1.18. The van der Waals surface area contributed by atoms with Crippen LogP contribution in [0, 0.1) is 11.8 Å². The van der Waals surface area contributed by atoms with Crippen molar-refractivity contribution >= 4 is 5.91 Å². The van der Waals surface area contributed by atoms with E-state index in [0.29, 0.717) is 18.4 Å². The summed E-state index contributed by atoms with van der Waals surface area (Å²) in [7, 11) is 0. The zero-order chi connectivity index (χ0) is 20.4. The van der Waals surface area contributed by atoms with Gasteiger partial charge in [-0.05, 0) is 51.5 Å². The molecule has 29 heavy (non-hydrogen) atoms. The van der Waals surface area contributed by atoms with E-state index in [2.05, 4.69) is 36.2 Å². The molecule has 4 rings (SSSR count). The van der Waals surface area contributed by atoms with Gasteiger partial charge in [0.1, 0.15) is 0 Å². The van der Waals surface area contributed by atoms with Crippen molar-refractivity contribution in [1.29, 1.82) is 0 Å². The number of carbonyl (C=O) groups excluding carboxylic acids is 1. The molecule has 158 valence electrons. The average Bonchev–Trinajstić information content (AvgIpc) is 3.23. The van der Waals surface area contributed by atoms with Crippen LogP contribution in [0.25, 0.3) is 0 Å². The van der Waals surface area contributed by atoms with Gasteiger partial charge >= 0.3 is 0 Å². The highest BCUT2D eigenvalue weighted by atomic mass is 16.2. The fraction of sp³-hybridized carbons (Fsp3) is 0.667. The lowest BCUT2D eigenvalue weighted by molar-refractivity contribution is -0.125. The van der Waals surface area contributed by atoms with Gasteiger partial charge in [0.25, 0.3) is 5.56 Å². The fourth-order valence-corrected chi connectivity index (χ4v) is 5.65. The molecule has 3 heterocycles. The lowest BCUT2D eigenvalue weighted by atomic mass is 9.78. The van der Waals surface area contributed by atoms with E-state index in [9.17, 15) is 9.59 Å². The molecule has 0 aromatic carbocycles. The summed E-state index contributed by atoms with van der Waals surface area (Å²) in [6, 6.07) is 5.74. The van der Waals surface area contributed by atoms with E-state index in [0.717, 1.165) is 63.9 Å². The molecule has 2 fully saturated rings. The lowest BCUT2D eigenvalue weighted by Gasteiger charge is -2.47. The van der Waals surface area contributed by atoms with E-state index >= 15 is 0 Å². The highest BCUT2D eigenvalue weighted by Crippen LogP contribution is 2.41. The van der Waals surface area contributed by atoms with Crippen LogP contribution < -0.4 is 10.9 Å². The van der Waals surface area contributed by atoms with Gasteiger partial charge in [0, 0.05) is 49.8 Å². The van der Waals surface area contributed by atoms with Crippen molar-refractivity contribution in [1.82, 2.24) is 14.8 Å². The number of aromatic nitrogens is 1. The summed E-state index contributed by atoms with van der Waals surface area (Å²) in [6.07, 6.45) is 8.85. The van der Waals surface area contributed by atoms with E-state index in [1.54, 1.807) is 6.07 Å². The minimum absolute atomic E-state index is 0.0616. The molecule has 3 aliphatic rings. The summed E-state index contributed by atoms with van der Waals surface area (Å²) in [5, 5.41) is 3.21. The Morgan fingerprint density at radius 2 is 2.00 bits per heavy atom. The number of amides is 1. The molecule has 0 unspecified atom stereocenters. The summed E-state index contributed by atoms with van der Waals surface area (Å²) in [4.78, 5) is 27.9. The maximum atomic E-state index is 12.8. The van der Waals surface area contributed by atoms with Gasteiger partial charge in [0.2, 0.25) is 5.91 Å². The number of piperidine rings is 1. The number of pyridine rings is 1. The van der Waals surface area contributed by atoms with Crippen LogP contribution >= 0.6 is 0 Å². The Labute approximate surface area is 174 Å². The molecule has 2 bridgehead atoms. The standard InChI is InChI=1S/C24H35N3O2/c1-17(2)7-6-12-26-15-19-13-20(16-26)22(27-21(19)10-5-11-23(27)28)14-25-24(29)18-8-3-4-9-18/h5,7,10-11,18-20,22H,3-4,6,8-9,12-16H2,1-2H3,(H,25,29)/t19-,20+,22+/m1/s1. The largest absolute Gasteiger partial charge is 0.354 e. The lowest BCUT2D eigenvalue weighted by Crippen LogP contribution is -2.52. The maximum Gasteiger partial charge on any atom is 0.251 e. The van der Waals surface area contributed by atoms with Crippen LogP contribution in [0.4, 0.5) is 0 Å². The van der Waals surface area contributed by atoms with Crippen LogP contribution in [0.5, 0.6) is 0 Å². The molecule has 1 saturated carbocycles. The molecule has 1 saturated heterocycles. The van der Waals surface area contributed by atoms with Gasteiger partial charge in [-0.25, -0.2) is 0 Å². The van der Waals surface area contributed by atoms with Crippen molar-refractivity contribution in [2.45, 2.75) is 64.3 Å². The number of hydrogen-bond acceptors (Lipinski definition) is 3. The van der Waals surface area contributed by atoms with E-state index in [1.165, 1.54) is 5.57 Å². The van der Waals surface area contributed by atoms with Crippen LogP contribution in [0.3, 0.4) is 0 Å². The van der Waals surface area contributed by atoms with Crippen molar-refractivity contribution in [3.8, 4) is 0 Å². The summed E-state index contributed by atoms with van der Waals surface area (Å²) in [5.41, 5.74) is 2.60. The Kier molecular flexibility index (Phi) is 6.23. The second-order valence-electron chi connectivity index (χ2n) is 9.48. The third-order valence-corrected chi connectivity index (χ3v) is 7.08. The molecule has 1 aliphatic carbocycles. The predicted molar refractivity (Wildman–Crippen MR) is 116 cm³/mol. The molecule has 1 aromatic rings. The third kappa shape index (κ3) is 4.50. The summed E-state index contributed by atoms with van der Waals surface area (Å²) < 4.78 is 2.00. The number of fused-ring (bicyclic) bond motifs is 4. The molecule has 1 amide bonds. The number of hydrogen-bond donors (Lipinski definition) is 1. The van der Waals surface area contributed by atoms with Gasteiger partial charge in [-0.1, -0.05) is 30.6 Å². The van der Waals surface area contributed by atoms with E-state index < -0.39 is 0 Å². The van der Waals surface area contributed by atoms with Crippen molar-refractivity contribution in [3.05, 3.63) is 45.9 Å². The number of likely N-dealkylation sites (tertiary alicyclic amines) is 1. The van der Waals surface area contributed by atoms with Crippen LogP contribution in [0.15, 0.2) is 34.6 Å². The van der Waals surface area contributed by atoms with Crippen molar-refractivity contribution in [2.75, 3.05) is 26.2 Å². The van der Waals surface area contributed by atoms with Crippen molar-refractivity contribution < 1.29 is 4.79 Å². The molecule has 5 nitrogen and oxygen atoms in total. The SMILES string of the molecule is CC(C)=CCCN1C[C@H]2C[C@@H](C1)[C@H](CNC(=O)C1CCCC1)n1c2cccc1=O. The Hall–Kier alpha value is -1.88. The predicted octanol–water partition coefficient (Wildman–Crippen LogP) is 3.47. The normalized spacial score (nSPS) is 26.8. The van der Waals surface area contributed by atoms with E-state index in [1.807, 2.05) is 10.6 Å². The number of allylic oxidation sites excluding steroid dienone is 1. The van der Waals surface area contributed by atoms with Gasteiger partial charge in [-0.15, -0.1) is 0 Å². The molecule has 0 radical (unpaired) electrons. The van der Waals surface area contributed by atoms with Crippen molar-refractivity contribution in [2.24, 2.45) is 11.8 Å². The minimum atomic E-state index is 0.0616. The van der Waals surface area contributed by atoms with Gasteiger partial charge in [-0.3, -0.25) is 9.59 Å². The smallest absolute Gasteiger partial charge is 0.251 e. The first-order chi connectivity index (χ1) is 14.0. The quantitative estimate of drug-likeness (QED) is 0.748. The Balaban J connectivity index is 1.51. The molecule has 1 N–H and O–H groups in total. The van der Waals surface area contributed by atoms with E-state index in [4.69, 9.17) is 0 Å². The zero-order valence-corrected chi connectivity index (χ0v) is 17.9. The Bertz CT molecular complexity index is 818. The van der Waals surface area contributed by atoms with E-state index in [-0.39, 0.29) is 23.4 Å². The third-order valence-electron chi connectivity index (χ3n) is 7.08. The number of nitrogens with one attached hydrogen (secondary N) is 1. The first-order valence-corrected chi connectivity index (χ1v) is 11.4. The Morgan fingerprint density at radius 1 is 1.21 bits per heavy atom. The molecule has 2 aliphatic heterocycles. The highest BCUT2D eigenvalue weighted by molar-refractivity contribution is 5.78. The van der Waals surface area contributed by atoms with Crippen LogP contribution in [0.2, 0.25) is 0 Å². The topological polar surface area (TPSA) is 54.3 Å². The second kappa shape index (κ2) is 8.86. The summed E-state index contributed by atoms with van der Waals surface area (Å²) in [6.45, 7) is 7.98. The average molecular weight is 398 g/mol. The highest BCUT2D eigenvalue weighted by Gasteiger charge is 2.40. The van der Waals surface area contributed by atoms with Crippen LogP contribution in [-0.4, -0.2) is 41.6 Å².